The van der Waals surface area contributed by atoms with Gasteiger partial charge in [0.15, 0.2) is 0 Å². The Morgan fingerprint density at radius 2 is 2.42 bits per heavy atom. The van der Waals surface area contributed by atoms with Gasteiger partial charge in [-0.05, 0) is 31.0 Å². The Kier molecular flexibility index (Phi) is 2.37. The van der Waals surface area contributed by atoms with E-state index >= 15 is 0 Å². The minimum Gasteiger partial charge on any atom is -0.310 e. The van der Waals surface area contributed by atoms with Crippen LogP contribution < -0.4 is 5.32 Å². The van der Waals surface area contributed by atoms with E-state index in [-0.39, 0.29) is 0 Å². The number of nitrogens with one attached hydrogen (secondary N) is 1. The lowest BCUT2D eigenvalue weighted by atomic mass is 9.99. The fourth-order valence-corrected chi connectivity index (χ4v) is 1.72. The molecule has 1 aromatic rings. The first-order valence-electron chi connectivity index (χ1n) is 4.60. The van der Waals surface area contributed by atoms with E-state index in [1.165, 1.54) is 24.8 Å². The van der Waals surface area contributed by atoms with Gasteiger partial charge in [0.25, 0.3) is 0 Å². The van der Waals surface area contributed by atoms with Crippen molar-refractivity contribution in [3.63, 3.8) is 0 Å². The predicted molar refractivity (Wildman–Crippen MR) is 48.8 cm³/mol. The highest BCUT2D eigenvalue weighted by Crippen LogP contribution is 2.21. The molecule has 1 atom stereocenters. The van der Waals surface area contributed by atoms with Gasteiger partial charge in [-0.15, -0.1) is 0 Å². The van der Waals surface area contributed by atoms with E-state index < -0.39 is 0 Å². The predicted octanol–water partition coefficient (Wildman–Crippen LogP) is 1.90. The quantitative estimate of drug-likeness (QED) is 0.682. The Bertz CT molecular complexity index is 227. The smallest absolute Gasteiger partial charge is 0.0335 e. The van der Waals surface area contributed by atoms with Gasteiger partial charge in [0.05, 0.1) is 0 Å². The van der Waals surface area contributed by atoms with Crippen molar-refractivity contribution in [2.45, 2.75) is 25.3 Å². The molecule has 1 N–H and O–H groups in total. The SMILES string of the molecule is c1cncc([C@H]2CCCCN2)c1. The van der Waals surface area contributed by atoms with Crippen LogP contribution in [0.3, 0.4) is 0 Å². The molecule has 0 aromatic carbocycles. The fourth-order valence-electron chi connectivity index (χ4n) is 1.72. The van der Waals surface area contributed by atoms with Gasteiger partial charge >= 0.3 is 0 Å². The summed E-state index contributed by atoms with van der Waals surface area (Å²) in [7, 11) is 0. The van der Waals surface area contributed by atoms with E-state index in [9.17, 15) is 0 Å². The molecule has 0 saturated carbocycles. The Labute approximate surface area is 73.0 Å². The van der Waals surface area contributed by atoms with Crippen LogP contribution in [0.4, 0.5) is 0 Å². The Morgan fingerprint density at radius 1 is 1.42 bits per heavy atom. The number of hydrogen-bond donors (Lipinski definition) is 1. The van der Waals surface area contributed by atoms with Gasteiger partial charge in [-0.1, -0.05) is 12.5 Å². The number of nitrogens with zero attached hydrogens (tertiary/aromatic N) is 1. The number of aromatic nitrogens is 1. The largest absolute Gasteiger partial charge is 0.310 e. The van der Waals surface area contributed by atoms with Crippen LogP contribution in [0.15, 0.2) is 24.5 Å². The molecule has 64 valence electrons. The highest BCUT2D eigenvalue weighted by molar-refractivity contribution is 5.14. The zero-order chi connectivity index (χ0) is 8.23. The first kappa shape index (κ1) is 7.74. The molecule has 0 radical (unpaired) electrons. The standard InChI is InChI=1S/C10H14N2/c1-2-7-12-10(5-1)9-4-3-6-11-8-9/h3-4,6,8,10,12H,1-2,5,7H2/t10-/m1/s1. The van der Waals surface area contributed by atoms with Crippen molar-refractivity contribution in [1.29, 1.82) is 0 Å². The van der Waals surface area contributed by atoms with E-state index in [0.29, 0.717) is 6.04 Å². The van der Waals surface area contributed by atoms with Crippen molar-refractivity contribution in [3.05, 3.63) is 30.1 Å². The average Bonchev–Trinajstić information content (AvgIpc) is 2.21. The van der Waals surface area contributed by atoms with E-state index in [4.69, 9.17) is 0 Å². The van der Waals surface area contributed by atoms with Crippen LogP contribution in [0.1, 0.15) is 30.9 Å². The third-order valence-corrected chi connectivity index (χ3v) is 2.40. The highest BCUT2D eigenvalue weighted by Gasteiger charge is 2.13. The molecule has 1 aliphatic rings. The Balaban J connectivity index is 2.08. The highest BCUT2D eigenvalue weighted by atomic mass is 14.9. The van der Waals surface area contributed by atoms with E-state index in [0.717, 1.165) is 6.54 Å². The second kappa shape index (κ2) is 3.68. The maximum Gasteiger partial charge on any atom is 0.0335 e. The lowest BCUT2D eigenvalue weighted by Crippen LogP contribution is -2.26. The third-order valence-electron chi connectivity index (χ3n) is 2.40. The van der Waals surface area contributed by atoms with Crippen molar-refractivity contribution in [2.24, 2.45) is 0 Å². The van der Waals surface area contributed by atoms with Crippen LogP contribution in [0.2, 0.25) is 0 Å². The third kappa shape index (κ3) is 1.64. The summed E-state index contributed by atoms with van der Waals surface area (Å²) in [5.41, 5.74) is 1.33. The summed E-state index contributed by atoms with van der Waals surface area (Å²) in [6, 6.07) is 4.70. The first-order valence-corrected chi connectivity index (χ1v) is 4.60. The van der Waals surface area contributed by atoms with Crippen LogP contribution in [0, 0.1) is 0 Å². The van der Waals surface area contributed by atoms with Crippen LogP contribution >= 0.6 is 0 Å². The molecule has 0 unspecified atom stereocenters. The van der Waals surface area contributed by atoms with Gasteiger partial charge in [0.1, 0.15) is 0 Å². The number of hydrogen-bond acceptors (Lipinski definition) is 2. The maximum atomic E-state index is 4.12. The van der Waals surface area contributed by atoms with Gasteiger partial charge in [0, 0.05) is 18.4 Å². The minimum absolute atomic E-state index is 0.549. The second-order valence-electron chi connectivity index (χ2n) is 3.29. The van der Waals surface area contributed by atoms with Gasteiger partial charge < -0.3 is 5.32 Å². The fraction of sp³-hybridized carbons (Fsp3) is 0.500. The molecule has 1 aromatic heterocycles. The van der Waals surface area contributed by atoms with Crippen LogP contribution in [-0.2, 0) is 0 Å². The summed E-state index contributed by atoms with van der Waals surface area (Å²) in [4.78, 5) is 4.12. The molecular formula is C10H14N2. The van der Waals surface area contributed by atoms with Crippen molar-refractivity contribution in [1.82, 2.24) is 10.3 Å². The van der Waals surface area contributed by atoms with Crippen LogP contribution in [-0.4, -0.2) is 11.5 Å². The molecule has 2 heterocycles. The maximum absolute atomic E-state index is 4.12. The molecule has 0 spiro atoms. The van der Waals surface area contributed by atoms with Gasteiger partial charge in [-0.2, -0.15) is 0 Å². The molecule has 1 fully saturated rings. The topological polar surface area (TPSA) is 24.9 Å². The van der Waals surface area contributed by atoms with Crippen molar-refractivity contribution in [3.8, 4) is 0 Å². The Morgan fingerprint density at radius 3 is 3.08 bits per heavy atom. The normalized spacial score (nSPS) is 23.8. The van der Waals surface area contributed by atoms with Gasteiger partial charge in [0.2, 0.25) is 0 Å². The van der Waals surface area contributed by atoms with E-state index in [1.807, 2.05) is 18.5 Å². The average molecular weight is 162 g/mol. The molecule has 2 heteroatoms. The summed E-state index contributed by atoms with van der Waals surface area (Å²) >= 11 is 0. The van der Waals surface area contributed by atoms with Gasteiger partial charge in [-0.3, -0.25) is 4.98 Å². The summed E-state index contributed by atoms with van der Waals surface area (Å²) in [5, 5.41) is 3.50. The monoisotopic (exact) mass is 162 g/mol. The zero-order valence-corrected chi connectivity index (χ0v) is 7.16. The summed E-state index contributed by atoms with van der Waals surface area (Å²) in [5.74, 6) is 0. The molecule has 0 bridgehead atoms. The second-order valence-corrected chi connectivity index (χ2v) is 3.29. The van der Waals surface area contributed by atoms with Crippen LogP contribution in [0.25, 0.3) is 0 Å². The lowest BCUT2D eigenvalue weighted by Gasteiger charge is -2.23. The van der Waals surface area contributed by atoms with Crippen molar-refractivity contribution < 1.29 is 0 Å². The van der Waals surface area contributed by atoms with Crippen molar-refractivity contribution in [2.75, 3.05) is 6.54 Å². The van der Waals surface area contributed by atoms with Crippen LogP contribution in [0.5, 0.6) is 0 Å². The van der Waals surface area contributed by atoms with Crippen molar-refractivity contribution >= 4 is 0 Å². The molecule has 1 aliphatic heterocycles. The molecule has 12 heavy (non-hydrogen) atoms. The molecule has 0 amide bonds. The molecule has 2 rings (SSSR count). The number of rotatable bonds is 1. The summed E-state index contributed by atoms with van der Waals surface area (Å²) in [6.07, 6.45) is 7.70. The summed E-state index contributed by atoms with van der Waals surface area (Å²) in [6.45, 7) is 1.15. The Hall–Kier alpha value is -0.890. The number of pyridine rings is 1. The first-order chi connectivity index (χ1) is 5.97. The molecule has 0 aliphatic carbocycles. The minimum atomic E-state index is 0.549. The summed E-state index contributed by atoms with van der Waals surface area (Å²) < 4.78 is 0. The van der Waals surface area contributed by atoms with Gasteiger partial charge in [-0.25, -0.2) is 0 Å². The van der Waals surface area contributed by atoms with E-state index in [1.54, 1.807) is 0 Å². The van der Waals surface area contributed by atoms with E-state index in [2.05, 4.69) is 16.4 Å². The molecule has 1 saturated heterocycles. The molecular weight excluding hydrogens is 148 g/mol. The molecule has 2 nitrogen and oxygen atoms in total. The zero-order valence-electron chi connectivity index (χ0n) is 7.16. The lowest BCUT2D eigenvalue weighted by molar-refractivity contribution is 0.411. The number of piperidine rings is 1.